The summed E-state index contributed by atoms with van der Waals surface area (Å²) in [6, 6.07) is 5.51. The Morgan fingerprint density at radius 1 is 1.13 bits per heavy atom. The van der Waals surface area contributed by atoms with Crippen LogP contribution in [0.3, 0.4) is 0 Å². The first-order valence-corrected chi connectivity index (χ1v) is 8.07. The smallest absolute Gasteiger partial charge is 0.226 e. The van der Waals surface area contributed by atoms with Crippen molar-refractivity contribution >= 4 is 23.2 Å². The molecule has 5 nitrogen and oxygen atoms in total. The Hall–Kier alpha value is -1.88. The van der Waals surface area contributed by atoms with Crippen LogP contribution in [0.15, 0.2) is 18.2 Å². The molecule has 1 aromatic carbocycles. The van der Waals surface area contributed by atoms with E-state index in [4.69, 9.17) is 4.74 Å². The molecular formula is C18H28N2O3. The highest BCUT2D eigenvalue weighted by molar-refractivity contribution is 5.99. The van der Waals surface area contributed by atoms with Crippen LogP contribution in [0.4, 0.5) is 11.4 Å². The highest BCUT2D eigenvalue weighted by atomic mass is 16.5. The van der Waals surface area contributed by atoms with E-state index in [9.17, 15) is 9.59 Å². The Kier molecular flexibility index (Phi) is 7.75. The summed E-state index contributed by atoms with van der Waals surface area (Å²) in [4.78, 5) is 23.3. The van der Waals surface area contributed by atoms with Crippen molar-refractivity contribution in [2.75, 3.05) is 17.2 Å². The minimum atomic E-state index is -0.171. The molecule has 0 bridgehead atoms. The first kappa shape index (κ1) is 19.2. The van der Waals surface area contributed by atoms with Crippen molar-refractivity contribution in [2.24, 2.45) is 5.92 Å². The normalized spacial score (nSPS) is 12.1. The first-order chi connectivity index (χ1) is 10.8. The Morgan fingerprint density at radius 3 is 2.43 bits per heavy atom. The zero-order chi connectivity index (χ0) is 17.4. The number of hydrogen-bond donors (Lipinski definition) is 2. The van der Waals surface area contributed by atoms with Crippen molar-refractivity contribution in [3.05, 3.63) is 23.8 Å². The molecule has 0 saturated carbocycles. The molecule has 0 aromatic heterocycles. The number of amides is 2. The molecule has 1 aromatic rings. The van der Waals surface area contributed by atoms with Gasteiger partial charge >= 0.3 is 0 Å². The van der Waals surface area contributed by atoms with E-state index in [1.165, 1.54) is 6.92 Å². The largest absolute Gasteiger partial charge is 0.378 e. The zero-order valence-electron chi connectivity index (χ0n) is 14.7. The Bertz CT molecular complexity index is 541. The second-order valence-electron chi connectivity index (χ2n) is 6.34. The topological polar surface area (TPSA) is 67.4 Å². The molecule has 1 rings (SSSR count). The standard InChI is InChI=1S/C18H28N2O3/c1-12(2)10-14(4)23-9-8-18(22)20-17-11-13(3)6-7-16(17)19-15(5)21/h6-7,11-12,14H,8-10H2,1-5H3,(H,19,21)(H,20,22). The summed E-state index contributed by atoms with van der Waals surface area (Å²) < 4.78 is 5.65. The summed E-state index contributed by atoms with van der Waals surface area (Å²) in [5, 5.41) is 5.55. The number of hydrogen-bond acceptors (Lipinski definition) is 3. The molecule has 0 radical (unpaired) electrons. The number of carbonyl (C=O) groups is 2. The van der Waals surface area contributed by atoms with E-state index in [-0.39, 0.29) is 24.3 Å². The van der Waals surface area contributed by atoms with Crippen molar-refractivity contribution in [2.45, 2.75) is 53.6 Å². The summed E-state index contributed by atoms with van der Waals surface area (Å²) in [5.41, 5.74) is 2.22. The average Bonchev–Trinajstić information content (AvgIpc) is 2.40. The van der Waals surface area contributed by atoms with Crippen LogP contribution in [0.2, 0.25) is 0 Å². The number of ether oxygens (including phenoxy) is 1. The van der Waals surface area contributed by atoms with Gasteiger partial charge in [0.05, 0.1) is 30.5 Å². The van der Waals surface area contributed by atoms with E-state index in [1.807, 2.05) is 26.0 Å². The third kappa shape index (κ3) is 7.79. The van der Waals surface area contributed by atoms with Gasteiger partial charge in [0.1, 0.15) is 0 Å². The van der Waals surface area contributed by atoms with Crippen LogP contribution in [-0.2, 0) is 14.3 Å². The number of carbonyl (C=O) groups excluding carboxylic acids is 2. The van der Waals surface area contributed by atoms with Crippen LogP contribution in [0.1, 0.15) is 46.1 Å². The Labute approximate surface area is 138 Å². The van der Waals surface area contributed by atoms with E-state index in [0.717, 1.165) is 12.0 Å². The minimum absolute atomic E-state index is 0.126. The molecule has 0 fully saturated rings. The third-order valence-electron chi connectivity index (χ3n) is 3.29. The second-order valence-corrected chi connectivity index (χ2v) is 6.34. The fourth-order valence-electron chi connectivity index (χ4n) is 2.36. The zero-order valence-corrected chi connectivity index (χ0v) is 14.7. The van der Waals surface area contributed by atoms with Gasteiger partial charge in [0.15, 0.2) is 0 Å². The van der Waals surface area contributed by atoms with Gasteiger partial charge in [-0.1, -0.05) is 19.9 Å². The lowest BCUT2D eigenvalue weighted by Crippen LogP contribution is -2.19. The van der Waals surface area contributed by atoms with Crippen LogP contribution in [0.5, 0.6) is 0 Å². The van der Waals surface area contributed by atoms with E-state index < -0.39 is 0 Å². The quantitative estimate of drug-likeness (QED) is 0.767. The molecule has 128 valence electrons. The highest BCUT2D eigenvalue weighted by Crippen LogP contribution is 2.23. The fourth-order valence-corrected chi connectivity index (χ4v) is 2.36. The second kappa shape index (κ2) is 9.30. The lowest BCUT2D eigenvalue weighted by Gasteiger charge is -2.15. The lowest BCUT2D eigenvalue weighted by atomic mass is 10.1. The van der Waals surface area contributed by atoms with E-state index in [2.05, 4.69) is 24.5 Å². The van der Waals surface area contributed by atoms with E-state index in [1.54, 1.807) is 6.07 Å². The van der Waals surface area contributed by atoms with Crippen LogP contribution in [-0.4, -0.2) is 24.5 Å². The van der Waals surface area contributed by atoms with E-state index in [0.29, 0.717) is 23.9 Å². The summed E-state index contributed by atoms with van der Waals surface area (Å²) in [5.74, 6) is 0.278. The fraction of sp³-hybridized carbons (Fsp3) is 0.556. The molecule has 1 unspecified atom stereocenters. The number of aryl methyl sites for hydroxylation is 1. The van der Waals surface area contributed by atoms with Crippen LogP contribution in [0, 0.1) is 12.8 Å². The maximum absolute atomic E-state index is 12.1. The Morgan fingerprint density at radius 2 is 1.83 bits per heavy atom. The number of nitrogens with one attached hydrogen (secondary N) is 2. The number of benzene rings is 1. The predicted molar refractivity (Wildman–Crippen MR) is 93.6 cm³/mol. The molecule has 0 spiro atoms. The summed E-state index contributed by atoms with van der Waals surface area (Å²) in [7, 11) is 0. The molecule has 0 aliphatic carbocycles. The monoisotopic (exact) mass is 320 g/mol. The highest BCUT2D eigenvalue weighted by Gasteiger charge is 2.10. The summed E-state index contributed by atoms with van der Waals surface area (Å²) in [6.45, 7) is 10.1. The first-order valence-electron chi connectivity index (χ1n) is 8.07. The van der Waals surface area contributed by atoms with Crippen molar-refractivity contribution in [1.29, 1.82) is 0 Å². The van der Waals surface area contributed by atoms with Crippen LogP contribution in [0.25, 0.3) is 0 Å². The summed E-state index contributed by atoms with van der Waals surface area (Å²) in [6.07, 6.45) is 1.42. The van der Waals surface area contributed by atoms with E-state index >= 15 is 0 Å². The van der Waals surface area contributed by atoms with Gasteiger partial charge in [-0.05, 0) is 43.9 Å². The lowest BCUT2D eigenvalue weighted by molar-refractivity contribution is -0.118. The molecule has 0 heterocycles. The van der Waals surface area contributed by atoms with Gasteiger partial charge in [-0.15, -0.1) is 0 Å². The minimum Gasteiger partial charge on any atom is -0.378 e. The molecule has 1 atom stereocenters. The van der Waals surface area contributed by atoms with Crippen molar-refractivity contribution < 1.29 is 14.3 Å². The molecular weight excluding hydrogens is 292 g/mol. The van der Waals surface area contributed by atoms with Gasteiger partial charge in [0, 0.05) is 6.92 Å². The van der Waals surface area contributed by atoms with Gasteiger partial charge < -0.3 is 15.4 Å². The van der Waals surface area contributed by atoms with Crippen molar-refractivity contribution in [3.8, 4) is 0 Å². The van der Waals surface area contributed by atoms with Crippen LogP contribution >= 0.6 is 0 Å². The van der Waals surface area contributed by atoms with Gasteiger partial charge in [-0.25, -0.2) is 0 Å². The Balaban J connectivity index is 2.53. The average molecular weight is 320 g/mol. The summed E-state index contributed by atoms with van der Waals surface area (Å²) >= 11 is 0. The third-order valence-corrected chi connectivity index (χ3v) is 3.29. The van der Waals surface area contributed by atoms with Crippen molar-refractivity contribution in [3.63, 3.8) is 0 Å². The molecule has 23 heavy (non-hydrogen) atoms. The molecule has 0 aliphatic rings. The number of rotatable bonds is 8. The molecule has 0 aliphatic heterocycles. The maximum Gasteiger partial charge on any atom is 0.226 e. The SMILES string of the molecule is CC(=O)Nc1ccc(C)cc1NC(=O)CCOC(C)CC(C)C. The van der Waals surface area contributed by atoms with Gasteiger partial charge in [-0.3, -0.25) is 9.59 Å². The molecule has 2 N–H and O–H groups in total. The predicted octanol–water partition coefficient (Wildman–Crippen LogP) is 3.73. The van der Waals surface area contributed by atoms with Crippen molar-refractivity contribution in [1.82, 2.24) is 0 Å². The van der Waals surface area contributed by atoms with Gasteiger partial charge in [0.25, 0.3) is 0 Å². The molecule has 0 saturated heterocycles. The number of anilines is 2. The van der Waals surface area contributed by atoms with Gasteiger partial charge in [-0.2, -0.15) is 0 Å². The van der Waals surface area contributed by atoms with Crippen LogP contribution < -0.4 is 10.6 Å². The molecule has 5 heteroatoms. The van der Waals surface area contributed by atoms with Gasteiger partial charge in [0.2, 0.25) is 11.8 Å². The maximum atomic E-state index is 12.1. The molecule has 2 amide bonds.